The van der Waals surface area contributed by atoms with Gasteiger partial charge in [-0.15, -0.1) is 0 Å². The Labute approximate surface area is 123 Å². The van der Waals surface area contributed by atoms with Gasteiger partial charge in [0.05, 0.1) is 11.1 Å². The van der Waals surface area contributed by atoms with E-state index < -0.39 is 5.91 Å². The van der Waals surface area contributed by atoms with Gasteiger partial charge >= 0.3 is 0 Å². The predicted molar refractivity (Wildman–Crippen MR) is 80.6 cm³/mol. The molecule has 21 heavy (non-hydrogen) atoms. The van der Waals surface area contributed by atoms with Gasteiger partial charge in [0, 0.05) is 6.54 Å². The Hall–Kier alpha value is -2.63. The SMILES string of the molecule is CCCNc1ncnc(Oc2ccccc2C(N)=O)c1C. The molecule has 0 aliphatic heterocycles. The number of carbonyl (C=O) groups is 1. The molecule has 0 atom stereocenters. The van der Waals surface area contributed by atoms with Gasteiger partial charge in [0.25, 0.3) is 5.91 Å². The molecule has 2 rings (SSSR count). The number of para-hydroxylation sites is 1. The summed E-state index contributed by atoms with van der Waals surface area (Å²) in [7, 11) is 0. The summed E-state index contributed by atoms with van der Waals surface area (Å²) in [5, 5.41) is 3.20. The van der Waals surface area contributed by atoms with Gasteiger partial charge in [-0.2, -0.15) is 0 Å². The van der Waals surface area contributed by atoms with Crippen molar-refractivity contribution >= 4 is 11.7 Å². The first-order valence-corrected chi connectivity index (χ1v) is 6.75. The number of carbonyl (C=O) groups excluding carboxylic acids is 1. The summed E-state index contributed by atoms with van der Waals surface area (Å²) in [4.78, 5) is 19.7. The summed E-state index contributed by atoms with van der Waals surface area (Å²) >= 11 is 0. The van der Waals surface area contributed by atoms with Crippen molar-refractivity contribution in [2.75, 3.05) is 11.9 Å². The van der Waals surface area contributed by atoms with E-state index in [1.807, 2.05) is 6.92 Å². The second-order valence-electron chi connectivity index (χ2n) is 4.54. The summed E-state index contributed by atoms with van der Waals surface area (Å²) in [6, 6.07) is 6.80. The van der Waals surface area contributed by atoms with Gasteiger partial charge in [0.2, 0.25) is 5.88 Å². The van der Waals surface area contributed by atoms with Crippen LogP contribution in [0.4, 0.5) is 5.82 Å². The highest BCUT2D eigenvalue weighted by atomic mass is 16.5. The molecule has 0 bridgehead atoms. The maximum absolute atomic E-state index is 11.4. The van der Waals surface area contributed by atoms with Crippen LogP contribution in [0.25, 0.3) is 0 Å². The number of rotatable bonds is 6. The highest BCUT2D eigenvalue weighted by molar-refractivity contribution is 5.95. The smallest absolute Gasteiger partial charge is 0.252 e. The van der Waals surface area contributed by atoms with E-state index in [0.29, 0.717) is 17.2 Å². The molecule has 0 saturated heterocycles. The maximum Gasteiger partial charge on any atom is 0.252 e. The van der Waals surface area contributed by atoms with Crippen LogP contribution in [0, 0.1) is 6.92 Å². The molecule has 2 aromatic rings. The standard InChI is InChI=1S/C15H18N4O2/c1-3-8-17-14-10(2)15(19-9-18-14)21-12-7-5-4-6-11(12)13(16)20/h4-7,9H,3,8H2,1-2H3,(H2,16,20)(H,17,18,19). The molecule has 0 radical (unpaired) electrons. The van der Waals surface area contributed by atoms with E-state index in [0.717, 1.165) is 24.3 Å². The van der Waals surface area contributed by atoms with Gasteiger partial charge in [0.15, 0.2) is 0 Å². The highest BCUT2D eigenvalue weighted by Crippen LogP contribution is 2.28. The number of hydrogen-bond acceptors (Lipinski definition) is 5. The number of nitrogens with one attached hydrogen (secondary N) is 1. The number of ether oxygens (including phenoxy) is 1. The molecule has 0 aliphatic rings. The number of primary amides is 1. The minimum atomic E-state index is -0.540. The van der Waals surface area contributed by atoms with Crippen molar-refractivity contribution in [3.8, 4) is 11.6 Å². The minimum absolute atomic E-state index is 0.318. The molecule has 0 spiro atoms. The first-order chi connectivity index (χ1) is 10.1. The summed E-state index contributed by atoms with van der Waals surface area (Å²) in [5.74, 6) is 0.964. The van der Waals surface area contributed by atoms with E-state index in [9.17, 15) is 4.79 Å². The van der Waals surface area contributed by atoms with Gasteiger partial charge in [-0.1, -0.05) is 19.1 Å². The molecule has 0 unspecified atom stereocenters. The van der Waals surface area contributed by atoms with Crippen LogP contribution >= 0.6 is 0 Å². The van der Waals surface area contributed by atoms with Gasteiger partial charge in [-0.25, -0.2) is 9.97 Å². The zero-order valence-corrected chi connectivity index (χ0v) is 12.1. The van der Waals surface area contributed by atoms with Gasteiger partial charge in [-0.3, -0.25) is 4.79 Å². The molecule has 6 nitrogen and oxygen atoms in total. The van der Waals surface area contributed by atoms with Crippen LogP contribution in [0.3, 0.4) is 0 Å². The zero-order chi connectivity index (χ0) is 15.2. The monoisotopic (exact) mass is 286 g/mol. The van der Waals surface area contributed by atoms with Crippen molar-refractivity contribution in [1.82, 2.24) is 9.97 Å². The predicted octanol–water partition coefficient (Wildman–Crippen LogP) is 2.50. The average Bonchev–Trinajstić information content (AvgIpc) is 2.48. The van der Waals surface area contributed by atoms with Crippen LogP contribution < -0.4 is 15.8 Å². The van der Waals surface area contributed by atoms with E-state index in [1.165, 1.54) is 6.33 Å². The molecule has 0 aliphatic carbocycles. The van der Waals surface area contributed by atoms with Gasteiger partial charge in [0.1, 0.15) is 17.9 Å². The summed E-state index contributed by atoms with van der Waals surface area (Å²) in [6.07, 6.45) is 2.41. The lowest BCUT2D eigenvalue weighted by Gasteiger charge is -2.12. The van der Waals surface area contributed by atoms with Crippen LogP contribution in [0.1, 0.15) is 29.3 Å². The molecular weight excluding hydrogens is 268 g/mol. The van der Waals surface area contributed by atoms with Gasteiger partial charge < -0.3 is 15.8 Å². The Morgan fingerprint density at radius 1 is 1.33 bits per heavy atom. The largest absolute Gasteiger partial charge is 0.438 e. The Morgan fingerprint density at radius 3 is 2.81 bits per heavy atom. The average molecular weight is 286 g/mol. The Balaban J connectivity index is 2.30. The molecule has 1 amide bonds. The number of nitrogens with two attached hydrogens (primary N) is 1. The van der Waals surface area contributed by atoms with Crippen molar-refractivity contribution in [2.24, 2.45) is 5.73 Å². The van der Waals surface area contributed by atoms with Crippen LogP contribution in [0.15, 0.2) is 30.6 Å². The van der Waals surface area contributed by atoms with Crippen molar-refractivity contribution in [1.29, 1.82) is 0 Å². The summed E-state index contributed by atoms with van der Waals surface area (Å²) in [6.45, 7) is 4.75. The van der Waals surface area contributed by atoms with Crippen molar-refractivity contribution in [2.45, 2.75) is 20.3 Å². The highest BCUT2D eigenvalue weighted by Gasteiger charge is 2.13. The molecule has 1 heterocycles. The second-order valence-corrected chi connectivity index (χ2v) is 4.54. The Morgan fingerprint density at radius 2 is 2.10 bits per heavy atom. The molecule has 3 N–H and O–H groups in total. The lowest BCUT2D eigenvalue weighted by Crippen LogP contribution is -2.12. The Bertz CT molecular complexity index is 643. The van der Waals surface area contributed by atoms with Crippen molar-refractivity contribution in [3.63, 3.8) is 0 Å². The minimum Gasteiger partial charge on any atom is -0.438 e. The molecular formula is C15H18N4O2. The zero-order valence-electron chi connectivity index (χ0n) is 12.1. The quantitative estimate of drug-likeness (QED) is 0.851. The van der Waals surface area contributed by atoms with E-state index in [4.69, 9.17) is 10.5 Å². The summed E-state index contributed by atoms with van der Waals surface area (Å²) < 4.78 is 5.73. The number of hydrogen-bond donors (Lipinski definition) is 2. The normalized spacial score (nSPS) is 10.2. The van der Waals surface area contributed by atoms with E-state index in [1.54, 1.807) is 24.3 Å². The maximum atomic E-state index is 11.4. The number of amides is 1. The number of nitrogens with zero attached hydrogens (tertiary/aromatic N) is 2. The fourth-order valence-electron chi connectivity index (χ4n) is 1.82. The molecule has 110 valence electrons. The third kappa shape index (κ3) is 3.47. The molecule has 1 aromatic heterocycles. The first kappa shape index (κ1) is 14.8. The van der Waals surface area contributed by atoms with E-state index >= 15 is 0 Å². The van der Waals surface area contributed by atoms with Crippen LogP contribution in [0.2, 0.25) is 0 Å². The van der Waals surface area contributed by atoms with Crippen LogP contribution in [0.5, 0.6) is 11.6 Å². The molecule has 6 heteroatoms. The fraction of sp³-hybridized carbons (Fsp3) is 0.267. The second kappa shape index (κ2) is 6.69. The first-order valence-electron chi connectivity index (χ1n) is 6.75. The fourth-order valence-corrected chi connectivity index (χ4v) is 1.82. The molecule has 0 fully saturated rings. The van der Waals surface area contributed by atoms with E-state index in [-0.39, 0.29) is 0 Å². The lowest BCUT2D eigenvalue weighted by atomic mass is 10.2. The summed E-state index contributed by atoms with van der Waals surface area (Å²) in [5.41, 5.74) is 6.44. The van der Waals surface area contributed by atoms with Crippen LogP contribution in [-0.4, -0.2) is 22.4 Å². The molecule has 0 saturated carbocycles. The van der Waals surface area contributed by atoms with Crippen LogP contribution in [-0.2, 0) is 0 Å². The Kier molecular flexibility index (Phi) is 4.71. The molecule has 1 aromatic carbocycles. The number of aromatic nitrogens is 2. The number of anilines is 1. The third-order valence-corrected chi connectivity index (χ3v) is 2.94. The third-order valence-electron chi connectivity index (χ3n) is 2.94. The van der Waals surface area contributed by atoms with E-state index in [2.05, 4.69) is 22.2 Å². The lowest BCUT2D eigenvalue weighted by molar-refractivity contribution is 0.0998. The van der Waals surface area contributed by atoms with Gasteiger partial charge in [-0.05, 0) is 25.5 Å². The number of benzene rings is 1. The van der Waals surface area contributed by atoms with Crippen molar-refractivity contribution < 1.29 is 9.53 Å². The topological polar surface area (TPSA) is 90.1 Å². The van der Waals surface area contributed by atoms with Crippen molar-refractivity contribution in [3.05, 3.63) is 41.7 Å².